The summed E-state index contributed by atoms with van der Waals surface area (Å²) in [5.41, 5.74) is 11.9. The third kappa shape index (κ3) is 1.70. The number of nitrogens with one attached hydrogen (secondary N) is 1. The van der Waals surface area contributed by atoms with Crippen molar-refractivity contribution < 1.29 is 4.79 Å². The van der Waals surface area contributed by atoms with E-state index in [0.29, 0.717) is 23.1 Å². The highest BCUT2D eigenvalue weighted by Crippen LogP contribution is 2.63. The Labute approximate surface area is 107 Å². The van der Waals surface area contributed by atoms with Gasteiger partial charge in [0.1, 0.15) is 5.82 Å². The van der Waals surface area contributed by atoms with Crippen LogP contribution < -0.4 is 16.8 Å². The van der Waals surface area contributed by atoms with Crippen molar-refractivity contribution in [3.8, 4) is 0 Å². The number of pyridine rings is 1. The molecular weight excluding hydrogens is 228 g/mol. The Morgan fingerprint density at radius 2 is 1.89 bits per heavy atom. The zero-order valence-electron chi connectivity index (χ0n) is 11.2. The Bertz CT molecular complexity index is 494. The van der Waals surface area contributed by atoms with Crippen LogP contribution in [0.2, 0.25) is 0 Å². The Morgan fingerprint density at radius 3 is 2.33 bits per heavy atom. The molecule has 2 rings (SSSR count). The summed E-state index contributed by atoms with van der Waals surface area (Å²) in [6, 6.07) is 1.93. The van der Waals surface area contributed by atoms with Gasteiger partial charge in [-0.15, -0.1) is 0 Å². The summed E-state index contributed by atoms with van der Waals surface area (Å²) in [4.78, 5) is 15.4. The van der Waals surface area contributed by atoms with E-state index in [1.54, 1.807) is 6.07 Å². The molecule has 0 atom stereocenters. The number of carbonyl (C=O) groups is 1. The lowest BCUT2D eigenvalue weighted by Gasteiger charge is -2.09. The zero-order valence-corrected chi connectivity index (χ0v) is 11.2. The molecule has 18 heavy (non-hydrogen) atoms. The van der Waals surface area contributed by atoms with Crippen LogP contribution in [-0.4, -0.2) is 16.9 Å². The van der Waals surface area contributed by atoms with Gasteiger partial charge in [-0.1, -0.05) is 27.7 Å². The van der Waals surface area contributed by atoms with Crippen molar-refractivity contribution in [2.75, 3.05) is 11.1 Å². The second-order valence-electron chi connectivity index (χ2n) is 6.04. The predicted octanol–water partition coefficient (Wildman–Crippen LogP) is 1.61. The summed E-state index contributed by atoms with van der Waals surface area (Å²) in [5, 5.41) is 3.34. The first kappa shape index (κ1) is 12.7. The van der Waals surface area contributed by atoms with Crippen molar-refractivity contribution in [1.29, 1.82) is 0 Å². The van der Waals surface area contributed by atoms with Gasteiger partial charge in [-0.2, -0.15) is 0 Å². The van der Waals surface area contributed by atoms with Gasteiger partial charge in [-0.3, -0.25) is 4.79 Å². The van der Waals surface area contributed by atoms with Crippen LogP contribution in [0.5, 0.6) is 0 Å². The molecule has 5 nitrogen and oxygen atoms in total. The molecule has 1 aromatic rings. The van der Waals surface area contributed by atoms with Gasteiger partial charge in [0.05, 0.1) is 17.4 Å². The molecule has 1 aliphatic carbocycles. The fourth-order valence-electron chi connectivity index (χ4n) is 2.46. The Balaban J connectivity index is 2.22. The highest BCUT2D eigenvalue weighted by Gasteiger charge is 2.65. The molecule has 0 aromatic carbocycles. The molecule has 0 unspecified atom stereocenters. The summed E-state index contributed by atoms with van der Waals surface area (Å²) < 4.78 is 0. The highest BCUT2D eigenvalue weighted by atomic mass is 16.1. The van der Waals surface area contributed by atoms with Crippen LogP contribution in [0.4, 0.5) is 11.5 Å². The van der Waals surface area contributed by atoms with Crippen LogP contribution in [0.3, 0.4) is 0 Å². The third-order valence-corrected chi connectivity index (χ3v) is 4.51. The molecule has 1 fully saturated rings. The summed E-state index contributed by atoms with van der Waals surface area (Å²) in [7, 11) is 0. The van der Waals surface area contributed by atoms with Crippen LogP contribution in [0, 0.1) is 10.8 Å². The van der Waals surface area contributed by atoms with Crippen molar-refractivity contribution >= 4 is 17.4 Å². The third-order valence-electron chi connectivity index (χ3n) is 4.51. The van der Waals surface area contributed by atoms with Gasteiger partial charge >= 0.3 is 0 Å². The number of nitrogens with two attached hydrogens (primary N) is 2. The molecule has 1 aromatic heterocycles. The van der Waals surface area contributed by atoms with Crippen LogP contribution in [-0.2, 0) is 0 Å². The number of hydrogen-bond acceptors (Lipinski definition) is 4. The lowest BCUT2D eigenvalue weighted by atomic mass is 10.0. The first-order chi connectivity index (χ1) is 8.18. The minimum Gasteiger partial charge on any atom is -0.397 e. The van der Waals surface area contributed by atoms with E-state index in [1.807, 2.05) is 0 Å². The molecule has 0 radical (unpaired) electrons. The lowest BCUT2D eigenvalue weighted by Crippen LogP contribution is -2.16. The van der Waals surface area contributed by atoms with Gasteiger partial charge in [0.2, 0.25) is 0 Å². The molecule has 98 valence electrons. The van der Waals surface area contributed by atoms with Gasteiger partial charge in [0, 0.05) is 6.04 Å². The standard InChI is InChI=1S/C13H20N4O/c1-12(2)11(13(12,3)4)17-9-5-7(10(15)18)8(14)6-16-9/h5-6,11H,14H2,1-4H3,(H2,15,18)(H,16,17). The van der Waals surface area contributed by atoms with Gasteiger partial charge < -0.3 is 16.8 Å². The average Bonchev–Trinajstić information content (AvgIpc) is 2.63. The van der Waals surface area contributed by atoms with Gasteiger partial charge in [-0.05, 0) is 16.9 Å². The number of primary amides is 1. The summed E-state index contributed by atoms with van der Waals surface area (Å²) in [6.45, 7) is 8.82. The van der Waals surface area contributed by atoms with Crippen molar-refractivity contribution in [3.63, 3.8) is 0 Å². The Hall–Kier alpha value is -1.78. The average molecular weight is 248 g/mol. The van der Waals surface area contributed by atoms with Crippen LogP contribution in [0.1, 0.15) is 38.1 Å². The molecule has 1 heterocycles. The molecular formula is C13H20N4O. The van der Waals surface area contributed by atoms with E-state index in [4.69, 9.17) is 11.5 Å². The fraction of sp³-hybridized carbons (Fsp3) is 0.538. The van der Waals surface area contributed by atoms with E-state index in [0.717, 1.165) is 0 Å². The summed E-state index contributed by atoms with van der Waals surface area (Å²) in [5.74, 6) is 0.105. The van der Waals surface area contributed by atoms with Crippen LogP contribution in [0.15, 0.2) is 12.3 Å². The molecule has 0 saturated heterocycles. The number of aromatic nitrogens is 1. The van der Waals surface area contributed by atoms with Crippen LogP contribution >= 0.6 is 0 Å². The zero-order chi connectivity index (χ0) is 13.7. The second-order valence-corrected chi connectivity index (χ2v) is 6.04. The molecule has 0 aliphatic heterocycles. The fourth-order valence-corrected chi connectivity index (χ4v) is 2.46. The lowest BCUT2D eigenvalue weighted by molar-refractivity contribution is 0.100. The summed E-state index contributed by atoms with van der Waals surface area (Å²) in [6.07, 6.45) is 1.46. The number of nitrogens with zero attached hydrogens (tertiary/aromatic N) is 1. The molecule has 1 saturated carbocycles. The van der Waals surface area contributed by atoms with E-state index in [-0.39, 0.29) is 10.8 Å². The number of hydrogen-bond donors (Lipinski definition) is 3. The van der Waals surface area contributed by atoms with Gasteiger partial charge in [-0.25, -0.2) is 4.98 Å². The van der Waals surface area contributed by atoms with Crippen molar-refractivity contribution in [1.82, 2.24) is 4.98 Å². The maximum atomic E-state index is 11.2. The number of rotatable bonds is 3. The van der Waals surface area contributed by atoms with Crippen molar-refractivity contribution in [2.24, 2.45) is 16.6 Å². The topological polar surface area (TPSA) is 94.0 Å². The van der Waals surface area contributed by atoms with Crippen molar-refractivity contribution in [3.05, 3.63) is 17.8 Å². The summed E-state index contributed by atoms with van der Waals surface area (Å²) >= 11 is 0. The smallest absolute Gasteiger partial charge is 0.250 e. The van der Waals surface area contributed by atoms with Gasteiger partial charge in [0.15, 0.2) is 0 Å². The number of nitrogen functional groups attached to an aromatic ring is 1. The second kappa shape index (κ2) is 3.60. The largest absolute Gasteiger partial charge is 0.397 e. The van der Waals surface area contributed by atoms with E-state index >= 15 is 0 Å². The number of amides is 1. The van der Waals surface area contributed by atoms with E-state index < -0.39 is 5.91 Å². The molecule has 0 bridgehead atoms. The monoisotopic (exact) mass is 248 g/mol. The highest BCUT2D eigenvalue weighted by molar-refractivity contribution is 5.98. The molecule has 5 N–H and O–H groups in total. The first-order valence-electron chi connectivity index (χ1n) is 6.00. The molecule has 1 amide bonds. The predicted molar refractivity (Wildman–Crippen MR) is 72.1 cm³/mol. The minimum absolute atomic E-state index is 0.197. The first-order valence-corrected chi connectivity index (χ1v) is 6.00. The van der Waals surface area contributed by atoms with Gasteiger partial charge in [0.25, 0.3) is 5.91 Å². The molecule has 5 heteroatoms. The van der Waals surface area contributed by atoms with Crippen LogP contribution in [0.25, 0.3) is 0 Å². The van der Waals surface area contributed by atoms with E-state index in [1.165, 1.54) is 6.20 Å². The minimum atomic E-state index is -0.535. The van der Waals surface area contributed by atoms with E-state index in [9.17, 15) is 4.79 Å². The molecule has 1 aliphatic rings. The Kier molecular flexibility index (Phi) is 2.54. The van der Waals surface area contributed by atoms with E-state index in [2.05, 4.69) is 38.0 Å². The number of carbonyl (C=O) groups excluding carboxylic acids is 1. The maximum absolute atomic E-state index is 11.2. The SMILES string of the molecule is CC1(C)C(Nc2cc(C(N)=O)c(N)cn2)C1(C)C. The Morgan fingerprint density at radius 1 is 1.33 bits per heavy atom. The number of anilines is 2. The van der Waals surface area contributed by atoms with Crippen molar-refractivity contribution in [2.45, 2.75) is 33.7 Å². The normalized spacial score (nSPS) is 20.4. The molecule has 0 spiro atoms. The quantitative estimate of drug-likeness (QED) is 0.757. The maximum Gasteiger partial charge on any atom is 0.250 e.